The van der Waals surface area contributed by atoms with Crippen LogP contribution in [0.15, 0.2) is 15.5 Å². The first-order chi connectivity index (χ1) is 9.07. The van der Waals surface area contributed by atoms with Crippen LogP contribution < -0.4 is 10.9 Å². The summed E-state index contributed by atoms with van der Waals surface area (Å²) in [6, 6.07) is 0. The Hall–Kier alpha value is -0.840. The van der Waals surface area contributed by atoms with Gasteiger partial charge in [-0.25, -0.2) is 4.68 Å². The number of hydrogen-bond acceptors (Lipinski definition) is 3. The number of nitrogens with one attached hydrogen (secondary N) is 1. The molecule has 0 bridgehead atoms. The lowest BCUT2D eigenvalue weighted by Gasteiger charge is -2.27. The van der Waals surface area contributed by atoms with Gasteiger partial charge in [-0.2, -0.15) is 5.10 Å². The molecule has 1 aromatic rings. The van der Waals surface area contributed by atoms with E-state index in [1.807, 2.05) is 0 Å². The van der Waals surface area contributed by atoms with Crippen LogP contribution in [0.5, 0.6) is 0 Å². The van der Waals surface area contributed by atoms with Gasteiger partial charge in [-0.3, -0.25) is 4.79 Å². The van der Waals surface area contributed by atoms with Gasteiger partial charge in [-0.15, -0.1) is 0 Å². The van der Waals surface area contributed by atoms with Crippen molar-refractivity contribution in [3.8, 4) is 0 Å². The molecule has 2 aliphatic carbocycles. The van der Waals surface area contributed by atoms with Gasteiger partial charge in [0.2, 0.25) is 0 Å². The third-order valence-corrected chi connectivity index (χ3v) is 5.02. The van der Waals surface area contributed by atoms with Crippen LogP contribution in [0.1, 0.15) is 45.4 Å². The summed E-state index contributed by atoms with van der Waals surface area (Å²) in [7, 11) is 0. The molecule has 2 aliphatic rings. The number of aromatic nitrogens is 2. The van der Waals surface area contributed by atoms with Crippen LogP contribution in [0.25, 0.3) is 0 Å². The lowest BCUT2D eigenvalue weighted by Crippen LogP contribution is -2.33. The number of halogens is 1. The van der Waals surface area contributed by atoms with Gasteiger partial charge in [-0.1, -0.05) is 12.8 Å². The summed E-state index contributed by atoms with van der Waals surface area (Å²) in [5.41, 5.74) is 0.930. The van der Waals surface area contributed by atoms with Gasteiger partial charge in [0.1, 0.15) is 4.47 Å². The largest absolute Gasteiger partial charge is 0.378 e. The topological polar surface area (TPSA) is 46.9 Å². The van der Waals surface area contributed by atoms with Crippen molar-refractivity contribution in [2.45, 2.75) is 57.5 Å². The molecule has 0 aliphatic heterocycles. The normalized spacial score (nSPS) is 21.6. The molecular weight excluding hydrogens is 306 g/mol. The monoisotopic (exact) mass is 325 g/mol. The minimum Gasteiger partial charge on any atom is -0.378 e. The third-order valence-electron chi connectivity index (χ3n) is 4.26. The quantitative estimate of drug-likeness (QED) is 0.924. The van der Waals surface area contributed by atoms with Crippen molar-refractivity contribution < 1.29 is 0 Å². The van der Waals surface area contributed by atoms with Crippen LogP contribution in [0.2, 0.25) is 0 Å². The van der Waals surface area contributed by atoms with Gasteiger partial charge in [-0.05, 0) is 54.5 Å². The van der Waals surface area contributed by atoms with Gasteiger partial charge < -0.3 is 5.32 Å². The fourth-order valence-corrected chi connectivity index (χ4v) is 3.24. The number of nitrogens with zero attached hydrogens (tertiary/aromatic N) is 2. The maximum absolute atomic E-state index is 12.2. The Balaban J connectivity index is 1.82. The van der Waals surface area contributed by atoms with Crippen LogP contribution in [0.4, 0.5) is 5.69 Å². The van der Waals surface area contributed by atoms with Gasteiger partial charge in [0, 0.05) is 12.1 Å². The minimum absolute atomic E-state index is 0.0153. The second kappa shape index (κ2) is 4.93. The molecule has 19 heavy (non-hydrogen) atoms. The van der Waals surface area contributed by atoms with E-state index >= 15 is 0 Å². The van der Waals surface area contributed by atoms with Crippen molar-refractivity contribution in [3.63, 3.8) is 0 Å². The molecule has 0 aromatic carbocycles. The summed E-state index contributed by atoms with van der Waals surface area (Å²) in [5, 5.41) is 7.80. The maximum atomic E-state index is 12.2. The van der Waals surface area contributed by atoms with Crippen molar-refractivity contribution in [2.75, 3.05) is 5.32 Å². The van der Waals surface area contributed by atoms with Crippen molar-refractivity contribution in [1.29, 1.82) is 0 Å². The number of anilines is 1. The number of rotatable bonds is 4. The second-order valence-corrected chi connectivity index (χ2v) is 6.99. The fraction of sp³-hybridized carbons (Fsp3) is 0.714. The molecule has 1 aromatic heterocycles. The van der Waals surface area contributed by atoms with E-state index in [1.165, 1.54) is 25.7 Å². The lowest BCUT2D eigenvalue weighted by molar-refractivity contribution is 0.518. The number of hydrogen-bond donors (Lipinski definition) is 1. The second-order valence-electron chi connectivity index (χ2n) is 6.20. The van der Waals surface area contributed by atoms with E-state index < -0.39 is 0 Å². The Morgan fingerprint density at radius 2 is 2.16 bits per heavy atom. The first kappa shape index (κ1) is 13.2. The van der Waals surface area contributed by atoms with Gasteiger partial charge >= 0.3 is 0 Å². The molecule has 0 spiro atoms. The molecule has 2 fully saturated rings. The summed E-state index contributed by atoms with van der Waals surface area (Å²) in [5.74, 6) is 0.656. The maximum Gasteiger partial charge on any atom is 0.283 e. The Morgan fingerprint density at radius 1 is 1.47 bits per heavy atom. The van der Waals surface area contributed by atoms with Crippen LogP contribution in [0, 0.1) is 5.92 Å². The van der Waals surface area contributed by atoms with Gasteiger partial charge in [0.05, 0.1) is 11.9 Å². The molecule has 4 nitrogen and oxygen atoms in total. The Bertz CT molecular complexity index is 530. The minimum atomic E-state index is -0.0153. The molecule has 3 rings (SSSR count). The third kappa shape index (κ3) is 2.86. The molecule has 1 N–H and O–H groups in total. The predicted molar refractivity (Wildman–Crippen MR) is 79.4 cm³/mol. The van der Waals surface area contributed by atoms with Crippen LogP contribution in [-0.4, -0.2) is 15.3 Å². The molecule has 0 radical (unpaired) electrons. The molecule has 0 unspecified atom stereocenters. The zero-order valence-electron chi connectivity index (χ0n) is 11.3. The summed E-state index contributed by atoms with van der Waals surface area (Å²) >= 11 is 3.44. The first-order valence-corrected chi connectivity index (χ1v) is 7.90. The average Bonchev–Trinajstić information content (AvgIpc) is 3.10. The molecule has 5 heteroatoms. The zero-order chi connectivity index (χ0) is 13.5. The Kier molecular flexibility index (Phi) is 3.41. The van der Waals surface area contributed by atoms with E-state index in [2.05, 4.69) is 33.3 Å². The van der Waals surface area contributed by atoms with E-state index in [0.717, 1.165) is 25.1 Å². The predicted octanol–water partition coefficient (Wildman–Crippen LogP) is 3.16. The Morgan fingerprint density at radius 3 is 2.79 bits per heavy atom. The van der Waals surface area contributed by atoms with E-state index in [4.69, 9.17) is 0 Å². The SMILES string of the molecule is CC1(Nc2cnn(CC3CC3)c(=O)c2Br)CCCC1. The molecule has 0 saturated heterocycles. The highest BCUT2D eigenvalue weighted by atomic mass is 79.9. The van der Waals surface area contributed by atoms with Crippen LogP contribution in [0.3, 0.4) is 0 Å². The molecular formula is C14H20BrN3O. The zero-order valence-corrected chi connectivity index (χ0v) is 12.9. The summed E-state index contributed by atoms with van der Waals surface area (Å²) in [6.45, 7) is 2.98. The smallest absolute Gasteiger partial charge is 0.283 e. The fourth-order valence-electron chi connectivity index (χ4n) is 2.83. The summed E-state index contributed by atoms with van der Waals surface area (Å²) in [4.78, 5) is 12.2. The molecule has 0 atom stereocenters. The molecule has 104 valence electrons. The molecule has 2 saturated carbocycles. The summed E-state index contributed by atoms with van der Waals surface area (Å²) in [6.07, 6.45) is 9.07. The average molecular weight is 326 g/mol. The highest BCUT2D eigenvalue weighted by molar-refractivity contribution is 9.10. The van der Waals surface area contributed by atoms with Crippen molar-refractivity contribution in [1.82, 2.24) is 9.78 Å². The highest BCUT2D eigenvalue weighted by Gasteiger charge is 2.29. The summed E-state index contributed by atoms with van der Waals surface area (Å²) < 4.78 is 2.21. The standard InChI is InChI=1S/C14H20BrN3O/c1-14(6-2-3-7-14)17-11-8-16-18(9-10-4-5-10)13(19)12(11)15/h8,10,17H,2-7,9H2,1H3. The highest BCUT2D eigenvalue weighted by Crippen LogP contribution is 2.34. The first-order valence-electron chi connectivity index (χ1n) is 7.11. The Labute approximate surface area is 121 Å². The molecule has 1 heterocycles. The van der Waals surface area contributed by atoms with Gasteiger partial charge in [0.25, 0.3) is 5.56 Å². The van der Waals surface area contributed by atoms with E-state index in [-0.39, 0.29) is 11.1 Å². The van der Waals surface area contributed by atoms with Crippen LogP contribution >= 0.6 is 15.9 Å². The van der Waals surface area contributed by atoms with Crippen LogP contribution in [-0.2, 0) is 6.54 Å². The van der Waals surface area contributed by atoms with Crippen molar-refractivity contribution >= 4 is 21.6 Å². The van der Waals surface area contributed by atoms with E-state index in [9.17, 15) is 4.79 Å². The van der Waals surface area contributed by atoms with Crippen molar-refractivity contribution in [3.05, 3.63) is 21.0 Å². The van der Waals surface area contributed by atoms with E-state index in [1.54, 1.807) is 10.9 Å². The van der Waals surface area contributed by atoms with Gasteiger partial charge in [0.15, 0.2) is 0 Å². The lowest BCUT2D eigenvalue weighted by atomic mass is 10.0. The van der Waals surface area contributed by atoms with Crippen molar-refractivity contribution in [2.24, 2.45) is 5.92 Å². The van der Waals surface area contributed by atoms with E-state index in [0.29, 0.717) is 10.4 Å². The molecule has 0 amide bonds.